The van der Waals surface area contributed by atoms with Crippen molar-refractivity contribution in [1.29, 1.82) is 0 Å². The molecule has 27 heteroatoms. The van der Waals surface area contributed by atoms with Crippen molar-refractivity contribution in [1.82, 2.24) is 30.8 Å². The largest absolute Gasteiger partial charge is 0.478 e. The summed E-state index contributed by atoms with van der Waals surface area (Å²) in [7, 11) is 0. The van der Waals surface area contributed by atoms with Crippen LogP contribution in [0.5, 0.6) is 17.2 Å². The van der Waals surface area contributed by atoms with Gasteiger partial charge >= 0.3 is 35.9 Å². The average Bonchev–Trinajstić information content (AvgIpc) is 3.80. The fourth-order valence-electron chi connectivity index (χ4n) is 5.84. The summed E-state index contributed by atoms with van der Waals surface area (Å²) in [5.41, 5.74) is 7.84. The number of rotatable bonds is 14. The van der Waals surface area contributed by atoms with Crippen LogP contribution in [0.15, 0.2) is 62.1 Å². The Balaban J connectivity index is 1.23. The fourth-order valence-corrected chi connectivity index (χ4v) is 8.94. The molecule has 1 aromatic carbocycles. The number of nitrogens with zero attached hydrogens (tertiary/aromatic N) is 6. The second kappa shape index (κ2) is 17.7. The van der Waals surface area contributed by atoms with Crippen LogP contribution in [-0.2, 0) is 38.4 Å². The zero-order valence-electron chi connectivity index (χ0n) is 31.8. The van der Waals surface area contributed by atoms with Gasteiger partial charge in [0.15, 0.2) is 28.2 Å². The SMILES string of the molecule is CC(=O)Oc1cc([C@H](O/N=C(\C(=O)N[C@@H]2C(=O)N3C(C(=O)O)=C(CSC4=CC(C)=NC5=CN(C(=O)O)NN54)CS[C@H]23)c2csc(N)n2)C(=O)O)cc(OC(C)=O)c1OC(C)=O. The summed E-state index contributed by atoms with van der Waals surface area (Å²) in [5.74, 6) is -8.92. The number of ether oxygens (including phenoxy) is 3. The molecule has 61 heavy (non-hydrogen) atoms. The lowest BCUT2D eigenvalue weighted by atomic mass is 10.0. The van der Waals surface area contributed by atoms with Gasteiger partial charge in [-0.1, -0.05) is 5.16 Å². The van der Waals surface area contributed by atoms with Crippen LogP contribution in [-0.4, -0.2) is 117 Å². The van der Waals surface area contributed by atoms with E-state index in [9.17, 15) is 53.7 Å². The molecule has 1 aromatic heterocycles. The molecule has 3 atom stereocenters. The number of thioether (sulfide) groups is 2. The molecule has 0 saturated carbocycles. The number of carbonyl (C=O) groups is 8. The van der Waals surface area contributed by atoms with E-state index in [-0.39, 0.29) is 39.4 Å². The lowest BCUT2D eigenvalue weighted by Crippen LogP contribution is -2.71. The quantitative estimate of drug-likeness (QED) is 0.0512. The van der Waals surface area contributed by atoms with Gasteiger partial charge in [0.2, 0.25) is 11.9 Å². The van der Waals surface area contributed by atoms with Crippen molar-refractivity contribution >= 4 is 99.2 Å². The minimum Gasteiger partial charge on any atom is -0.478 e. The number of carboxylic acid groups (broad SMARTS) is 3. The van der Waals surface area contributed by atoms with E-state index >= 15 is 0 Å². The highest BCUT2D eigenvalue weighted by Crippen LogP contribution is 2.44. The maximum absolute atomic E-state index is 13.8. The number of amides is 3. The van der Waals surface area contributed by atoms with Gasteiger partial charge in [-0.25, -0.2) is 29.4 Å². The van der Waals surface area contributed by atoms with Gasteiger partial charge in [0.05, 0.1) is 11.2 Å². The van der Waals surface area contributed by atoms with Gasteiger partial charge in [0.1, 0.15) is 22.8 Å². The van der Waals surface area contributed by atoms with E-state index in [2.05, 4.69) is 26.0 Å². The number of β-lactam (4-membered cyclic amide) rings is 1. The maximum Gasteiger partial charge on any atom is 0.427 e. The topological polar surface area (TPSA) is 332 Å². The Kier molecular flexibility index (Phi) is 12.7. The standard InChI is InChI=1S/C34H31N9O15S3/c1-12-5-22(43-21(36-12)8-41(40-43)34(53)54)59-9-17-10-60-30-24(29(48)42(30)25(17)31(49)50)38-28(47)23(18-11-61-33(35)37-18)39-58-26(32(51)52)16-6-19(55-13(2)44)27(57-15(4)46)20(7-16)56-14(3)45/h5-8,11,24,26,30,40H,9-10H2,1-4H3,(H2,35,37)(H,38,47)(H,49,50)(H,51,52)(H,53,54)/b39-23-/t24-,26+,30-/m1/s1. The van der Waals surface area contributed by atoms with E-state index in [0.717, 1.165) is 65.9 Å². The number of thiazole rings is 1. The van der Waals surface area contributed by atoms with Crippen LogP contribution >= 0.6 is 34.9 Å². The molecule has 0 unspecified atom stereocenters. The molecule has 320 valence electrons. The molecule has 3 amide bonds. The molecule has 24 nitrogen and oxygen atoms in total. The number of carbonyl (C=O) groups excluding carboxylic acids is 5. The normalized spacial score (nSPS) is 18.7. The number of allylic oxidation sites excluding steroid dienone is 1. The minimum atomic E-state index is -2.12. The van der Waals surface area contributed by atoms with Crippen LogP contribution in [0.25, 0.3) is 0 Å². The molecular formula is C34H31N9O15S3. The summed E-state index contributed by atoms with van der Waals surface area (Å²) in [6.45, 7) is 4.70. The number of anilines is 1. The molecule has 0 bridgehead atoms. The molecule has 6 rings (SSSR count). The highest BCUT2D eigenvalue weighted by molar-refractivity contribution is 8.03. The monoisotopic (exact) mass is 901 g/mol. The zero-order valence-corrected chi connectivity index (χ0v) is 34.2. The van der Waals surface area contributed by atoms with Crippen LogP contribution in [0.3, 0.4) is 0 Å². The number of nitrogen functional groups attached to an aromatic ring is 1. The van der Waals surface area contributed by atoms with E-state index in [0.29, 0.717) is 16.3 Å². The maximum atomic E-state index is 13.8. The molecule has 1 fully saturated rings. The highest BCUT2D eigenvalue weighted by atomic mass is 32.2. The zero-order chi connectivity index (χ0) is 44.4. The summed E-state index contributed by atoms with van der Waals surface area (Å²) in [6, 6.07) is 0.581. The Bertz CT molecular complexity index is 2410. The number of nitrogens with two attached hydrogens (primary N) is 1. The number of hydrogen-bond donors (Lipinski definition) is 6. The average molecular weight is 902 g/mol. The summed E-state index contributed by atoms with van der Waals surface area (Å²) in [4.78, 5) is 114. The van der Waals surface area contributed by atoms with Crippen LogP contribution < -0.4 is 30.8 Å². The Hall–Kier alpha value is -6.97. The first-order valence-electron chi connectivity index (χ1n) is 17.1. The first-order valence-corrected chi connectivity index (χ1v) is 20.1. The molecule has 0 radical (unpaired) electrons. The highest BCUT2D eigenvalue weighted by Gasteiger charge is 2.54. The molecule has 7 N–H and O–H groups in total. The second-order valence-corrected chi connectivity index (χ2v) is 15.7. The predicted octanol–water partition coefficient (Wildman–Crippen LogP) is 1.35. The Morgan fingerprint density at radius 1 is 1.05 bits per heavy atom. The number of hydrogen-bond acceptors (Lipinski definition) is 21. The van der Waals surface area contributed by atoms with Crippen LogP contribution in [0.1, 0.15) is 45.1 Å². The van der Waals surface area contributed by atoms with E-state index < -0.39 is 88.2 Å². The van der Waals surface area contributed by atoms with Gasteiger partial charge in [-0.05, 0) is 30.7 Å². The number of benzene rings is 1. The molecule has 5 heterocycles. The van der Waals surface area contributed by atoms with Crippen molar-refractivity contribution in [2.75, 3.05) is 17.2 Å². The summed E-state index contributed by atoms with van der Waals surface area (Å²) >= 11 is 3.21. The minimum absolute atomic E-state index is 0.0304. The Labute approximate surface area is 354 Å². The van der Waals surface area contributed by atoms with Gasteiger partial charge in [-0.2, -0.15) is 5.01 Å². The number of oxime groups is 1. The number of carboxylic acids is 2. The molecule has 2 aromatic rings. The van der Waals surface area contributed by atoms with Gasteiger partial charge in [-0.3, -0.25) is 28.9 Å². The lowest BCUT2D eigenvalue weighted by molar-refractivity contribution is -0.151. The molecule has 0 aliphatic carbocycles. The number of fused-ring (bicyclic) bond motifs is 2. The van der Waals surface area contributed by atoms with Crippen molar-refractivity contribution in [2.24, 2.45) is 10.1 Å². The molecule has 0 spiro atoms. The van der Waals surface area contributed by atoms with Crippen LogP contribution in [0.4, 0.5) is 9.93 Å². The van der Waals surface area contributed by atoms with Gasteiger partial charge in [0.25, 0.3) is 11.8 Å². The van der Waals surface area contributed by atoms with Crippen LogP contribution in [0, 0.1) is 0 Å². The smallest absolute Gasteiger partial charge is 0.427 e. The van der Waals surface area contributed by atoms with Gasteiger partial charge < -0.3 is 45.4 Å². The van der Waals surface area contributed by atoms with E-state index in [4.69, 9.17) is 24.8 Å². The van der Waals surface area contributed by atoms with Gasteiger partial charge in [0, 0.05) is 48.9 Å². The second-order valence-electron chi connectivity index (χ2n) is 12.7. The van der Waals surface area contributed by atoms with Gasteiger partial charge in [-0.15, -0.1) is 40.4 Å². The molecule has 4 aliphatic heterocycles. The Morgan fingerprint density at radius 2 is 1.70 bits per heavy atom. The number of nitrogens with one attached hydrogen (secondary N) is 2. The van der Waals surface area contributed by atoms with Crippen molar-refractivity contribution in [3.8, 4) is 17.2 Å². The van der Waals surface area contributed by atoms with E-state index in [1.54, 1.807) is 13.0 Å². The molecular weight excluding hydrogens is 871 g/mol. The van der Waals surface area contributed by atoms with E-state index in [1.807, 2.05) is 0 Å². The summed E-state index contributed by atoms with van der Waals surface area (Å²) in [6.07, 6.45) is -0.474. The first kappa shape index (κ1) is 43.6. The van der Waals surface area contributed by atoms with Crippen molar-refractivity contribution in [2.45, 2.75) is 45.2 Å². The fraction of sp³-hybridized carbons (Fsp3) is 0.265. The van der Waals surface area contributed by atoms with Crippen molar-refractivity contribution < 1.29 is 72.7 Å². The third kappa shape index (κ3) is 9.43. The number of aliphatic carboxylic acids is 2. The number of aromatic nitrogens is 1. The summed E-state index contributed by atoms with van der Waals surface area (Å²) in [5, 5.41) is 39.2. The molecule has 1 saturated heterocycles. The number of esters is 3. The number of aliphatic imine (C=N–C) groups is 1. The number of hydrazine groups is 2. The molecule has 4 aliphatic rings. The summed E-state index contributed by atoms with van der Waals surface area (Å²) < 4.78 is 15.3. The van der Waals surface area contributed by atoms with Crippen molar-refractivity contribution in [3.63, 3.8) is 0 Å². The Morgan fingerprint density at radius 3 is 2.26 bits per heavy atom. The van der Waals surface area contributed by atoms with E-state index in [1.165, 1.54) is 28.4 Å². The van der Waals surface area contributed by atoms with Crippen LogP contribution in [0.2, 0.25) is 0 Å². The third-order valence-corrected chi connectivity index (χ3v) is 11.3. The van der Waals surface area contributed by atoms with Crippen molar-refractivity contribution in [3.05, 3.63) is 63.2 Å². The lowest BCUT2D eigenvalue weighted by Gasteiger charge is -2.49. The first-order chi connectivity index (χ1) is 28.8. The predicted molar refractivity (Wildman–Crippen MR) is 211 cm³/mol. The third-order valence-electron chi connectivity index (χ3n) is 8.21.